The van der Waals surface area contributed by atoms with Crippen molar-refractivity contribution in [2.45, 2.75) is 26.2 Å². The molecule has 3 rings (SSSR count). The second-order valence-electron chi connectivity index (χ2n) is 8.97. The molecule has 1 saturated heterocycles. The zero-order valence-corrected chi connectivity index (χ0v) is 20.1. The number of rotatable bonds is 10. The summed E-state index contributed by atoms with van der Waals surface area (Å²) in [5.74, 6) is 1.86. The summed E-state index contributed by atoms with van der Waals surface area (Å²) in [4.78, 5) is 9.60. The van der Waals surface area contributed by atoms with E-state index in [1.54, 1.807) is 0 Å². The van der Waals surface area contributed by atoms with Gasteiger partial charge >= 0.3 is 0 Å². The Kier molecular flexibility index (Phi) is 10.0. The van der Waals surface area contributed by atoms with E-state index < -0.39 is 0 Å². The van der Waals surface area contributed by atoms with Gasteiger partial charge in [0.15, 0.2) is 5.96 Å². The molecule has 0 radical (unpaired) electrons. The fourth-order valence-electron chi connectivity index (χ4n) is 4.44. The fraction of sp³-hybridized carbons (Fsp3) is 0.519. The summed E-state index contributed by atoms with van der Waals surface area (Å²) in [7, 11) is 1.86. The zero-order chi connectivity index (χ0) is 22.6. The predicted octanol–water partition coefficient (Wildman–Crippen LogP) is 3.45. The van der Waals surface area contributed by atoms with Gasteiger partial charge in [0, 0.05) is 58.8 Å². The van der Waals surface area contributed by atoms with Gasteiger partial charge in [-0.2, -0.15) is 0 Å². The lowest BCUT2D eigenvalue weighted by atomic mass is 9.92. The summed E-state index contributed by atoms with van der Waals surface area (Å²) in [6, 6.07) is 21.5. The average Bonchev–Trinajstić information content (AvgIpc) is 2.85. The minimum absolute atomic E-state index is 0.393. The van der Waals surface area contributed by atoms with E-state index >= 15 is 0 Å². The Morgan fingerprint density at radius 2 is 1.47 bits per heavy atom. The van der Waals surface area contributed by atoms with Crippen LogP contribution in [-0.4, -0.2) is 75.2 Å². The summed E-state index contributed by atoms with van der Waals surface area (Å²) in [5, 5.41) is 7.13. The molecule has 1 aliphatic heterocycles. The number of nitrogens with zero attached hydrogens (tertiary/aromatic N) is 3. The van der Waals surface area contributed by atoms with Crippen molar-refractivity contribution in [3.05, 3.63) is 71.8 Å². The molecular weight excluding hydrogens is 394 g/mol. The Balaban J connectivity index is 1.47. The first-order chi connectivity index (χ1) is 15.7. The van der Waals surface area contributed by atoms with Crippen LogP contribution in [0.3, 0.4) is 0 Å². The normalized spacial score (nSPS) is 17.7. The quantitative estimate of drug-likeness (QED) is 0.443. The van der Waals surface area contributed by atoms with Gasteiger partial charge in [-0.15, -0.1) is 0 Å². The van der Waals surface area contributed by atoms with E-state index in [2.05, 4.69) is 99.9 Å². The molecule has 2 aromatic rings. The number of nitrogens with one attached hydrogen (secondary N) is 2. The van der Waals surface area contributed by atoms with Crippen LogP contribution < -0.4 is 10.6 Å². The summed E-state index contributed by atoms with van der Waals surface area (Å²) in [6.45, 7) is 13.4. The van der Waals surface area contributed by atoms with Crippen LogP contribution >= 0.6 is 0 Å². The Bertz CT molecular complexity index is 784. The van der Waals surface area contributed by atoms with Gasteiger partial charge in [0.1, 0.15) is 0 Å². The maximum atomic E-state index is 4.47. The number of piperazine rings is 1. The van der Waals surface area contributed by atoms with Crippen LogP contribution in [0.2, 0.25) is 0 Å². The molecule has 0 aliphatic carbocycles. The second kappa shape index (κ2) is 13.2. The first-order valence-corrected chi connectivity index (χ1v) is 12.2. The van der Waals surface area contributed by atoms with Crippen molar-refractivity contribution in [3.8, 4) is 0 Å². The number of aliphatic imine (C=N–C) groups is 1. The Morgan fingerprint density at radius 1 is 0.875 bits per heavy atom. The van der Waals surface area contributed by atoms with Gasteiger partial charge in [-0.1, -0.05) is 74.5 Å². The van der Waals surface area contributed by atoms with E-state index in [4.69, 9.17) is 0 Å². The van der Waals surface area contributed by atoms with Crippen molar-refractivity contribution in [3.63, 3.8) is 0 Å². The molecule has 0 spiro atoms. The lowest BCUT2D eigenvalue weighted by molar-refractivity contribution is 0.124. The van der Waals surface area contributed by atoms with Gasteiger partial charge in [-0.3, -0.25) is 4.99 Å². The molecule has 2 atom stereocenters. The molecule has 174 valence electrons. The van der Waals surface area contributed by atoms with E-state index in [-0.39, 0.29) is 0 Å². The van der Waals surface area contributed by atoms with Crippen molar-refractivity contribution in [1.29, 1.82) is 0 Å². The lowest BCUT2D eigenvalue weighted by Gasteiger charge is -2.35. The van der Waals surface area contributed by atoms with Crippen LogP contribution in [0.1, 0.15) is 30.9 Å². The number of hydrogen-bond donors (Lipinski definition) is 2. The summed E-state index contributed by atoms with van der Waals surface area (Å²) >= 11 is 0. The van der Waals surface area contributed by atoms with E-state index in [0.29, 0.717) is 11.8 Å². The van der Waals surface area contributed by atoms with Crippen molar-refractivity contribution >= 4 is 5.96 Å². The molecule has 5 nitrogen and oxygen atoms in total. The highest BCUT2D eigenvalue weighted by Gasteiger charge is 2.18. The highest BCUT2D eigenvalue weighted by atomic mass is 15.3. The molecule has 5 heteroatoms. The smallest absolute Gasteiger partial charge is 0.191 e. The van der Waals surface area contributed by atoms with Crippen molar-refractivity contribution in [2.24, 2.45) is 10.9 Å². The van der Waals surface area contributed by atoms with Gasteiger partial charge in [0.2, 0.25) is 0 Å². The molecule has 0 saturated carbocycles. The summed E-state index contributed by atoms with van der Waals surface area (Å²) < 4.78 is 0. The van der Waals surface area contributed by atoms with E-state index in [9.17, 15) is 0 Å². The molecule has 0 amide bonds. The Morgan fingerprint density at radius 3 is 2.09 bits per heavy atom. The minimum atomic E-state index is 0.393. The fourth-order valence-corrected chi connectivity index (χ4v) is 4.44. The number of guanidine groups is 1. The molecule has 1 fully saturated rings. The summed E-state index contributed by atoms with van der Waals surface area (Å²) in [5.41, 5.74) is 2.72. The van der Waals surface area contributed by atoms with Gasteiger partial charge < -0.3 is 20.4 Å². The van der Waals surface area contributed by atoms with E-state index in [1.807, 2.05) is 7.05 Å². The van der Waals surface area contributed by atoms with Crippen LogP contribution in [0, 0.1) is 5.92 Å². The average molecular weight is 436 g/mol. The van der Waals surface area contributed by atoms with Gasteiger partial charge in [-0.05, 0) is 30.0 Å². The molecule has 0 bridgehead atoms. The maximum absolute atomic E-state index is 4.47. The molecule has 1 aliphatic rings. The monoisotopic (exact) mass is 435 g/mol. The molecule has 0 aromatic heterocycles. The second-order valence-corrected chi connectivity index (χ2v) is 8.97. The SMILES string of the molecule is CCN1CCN(CC(C)CNC(=NC)NCC(Cc2ccccc2)c2ccccc2)CC1. The van der Waals surface area contributed by atoms with Gasteiger partial charge in [0.25, 0.3) is 0 Å². The van der Waals surface area contributed by atoms with E-state index in [0.717, 1.165) is 32.0 Å². The first kappa shape index (κ1) is 24.3. The van der Waals surface area contributed by atoms with E-state index in [1.165, 1.54) is 43.9 Å². The van der Waals surface area contributed by atoms with Crippen molar-refractivity contribution in [2.75, 3.05) is 59.4 Å². The standard InChI is InChI=1S/C27H41N5/c1-4-31-15-17-32(18-16-31)22-23(2)20-29-27(28-3)30-21-26(25-13-9-6-10-14-25)19-24-11-7-5-8-12-24/h5-14,23,26H,4,15-22H2,1-3H3,(H2,28,29,30). The Labute approximate surface area is 194 Å². The first-order valence-electron chi connectivity index (χ1n) is 12.2. The number of hydrogen-bond acceptors (Lipinski definition) is 3. The maximum Gasteiger partial charge on any atom is 0.191 e. The Hall–Kier alpha value is -2.37. The third-order valence-corrected chi connectivity index (χ3v) is 6.44. The van der Waals surface area contributed by atoms with Crippen LogP contribution in [0.4, 0.5) is 0 Å². The lowest BCUT2D eigenvalue weighted by Crippen LogP contribution is -2.48. The zero-order valence-electron chi connectivity index (χ0n) is 20.1. The number of benzene rings is 2. The van der Waals surface area contributed by atoms with Crippen molar-refractivity contribution < 1.29 is 0 Å². The molecule has 1 heterocycles. The molecule has 2 N–H and O–H groups in total. The van der Waals surface area contributed by atoms with Crippen LogP contribution in [-0.2, 0) is 6.42 Å². The van der Waals surface area contributed by atoms with Gasteiger partial charge in [-0.25, -0.2) is 0 Å². The summed E-state index contributed by atoms with van der Waals surface area (Å²) in [6.07, 6.45) is 1.01. The topological polar surface area (TPSA) is 42.9 Å². The number of likely N-dealkylation sites (N-methyl/N-ethyl adjacent to an activating group) is 1. The van der Waals surface area contributed by atoms with Crippen molar-refractivity contribution in [1.82, 2.24) is 20.4 Å². The highest BCUT2D eigenvalue weighted by Crippen LogP contribution is 2.20. The highest BCUT2D eigenvalue weighted by molar-refractivity contribution is 5.79. The predicted molar refractivity (Wildman–Crippen MR) is 136 cm³/mol. The van der Waals surface area contributed by atoms with Crippen LogP contribution in [0.5, 0.6) is 0 Å². The third-order valence-electron chi connectivity index (χ3n) is 6.44. The molecule has 2 unspecified atom stereocenters. The molecule has 32 heavy (non-hydrogen) atoms. The minimum Gasteiger partial charge on any atom is -0.356 e. The van der Waals surface area contributed by atoms with Crippen LogP contribution in [0.15, 0.2) is 65.7 Å². The van der Waals surface area contributed by atoms with Gasteiger partial charge in [0.05, 0.1) is 0 Å². The molecule has 2 aromatic carbocycles. The third kappa shape index (κ3) is 7.95. The molecular formula is C27H41N5. The largest absolute Gasteiger partial charge is 0.356 e. The van der Waals surface area contributed by atoms with Crippen LogP contribution in [0.25, 0.3) is 0 Å².